The Bertz CT molecular complexity index is 647. The van der Waals surface area contributed by atoms with Gasteiger partial charge in [0.2, 0.25) is 0 Å². The van der Waals surface area contributed by atoms with Gasteiger partial charge in [0.15, 0.2) is 5.96 Å². The van der Waals surface area contributed by atoms with Crippen LogP contribution in [0.1, 0.15) is 26.2 Å². The van der Waals surface area contributed by atoms with E-state index in [1.165, 1.54) is 25.0 Å². The molecule has 0 spiro atoms. The number of halogens is 2. The van der Waals surface area contributed by atoms with Gasteiger partial charge in [-0.2, -0.15) is 0 Å². The van der Waals surface area contributed by atoms with E-state index < -0.39 is 11.6 Å². The van der Waals surface area contributed by atoms with E-state index in [1.807, 2.05) is 4.90 Å². The molecule has 1 saturated heterocycles. The normalized spacial score (nSPS) is 22.0. The molecule has 2 aliphatic rings. The smallest absolute Gasteiger partial charge is 0.191 e. The quantitative estimate of drug-likeness (QED) is 0.599. The zero-order valence-electron chi connectivity index (χ0n) is 15.8. The zero-order valence-corrected chi connectivity index (χ0v) is 15.8. The van der Waals surface area contributed by atoms with E-state index >= 15 is 0 Å². The second kappa shape index (κ2) is 8.20. The minimum Gasteiger partial charge on any atom is -0.367 e. The highest BCUT2D eigenvalue weighted by atomic mass is 19.1. The topological polar surface area (TPSA) is 42.9 Å². The van der Waals surface area contributed by atoms with Gasteiger partial charge in [-0.1, -0.05) is 0 Å². The van der Waals surface area contributed by atoms with Crippen molar-refractivity contribution >= 4 is 11.6 Å². The van der Waals surface area contributed by atoms with Gasteiger partial charge in [-0.05, 0) is 45.4 Å². The van der Waals surface area contributed by atoms with Crippen LogP contribution in [-0.4, -0.2) is 62.7 Å². The predicted molar refractivity (Wildman–Crippen MR) is 102 cm³/mol. The number of aliphatic imine (C=N–C) groups is 1. The standard InChI is InChI=1S/C19H29F2N5/c1-13(25(3)16-5-6-16)11-23-19(22-2)24-15-8-9-26(12-15)18-7-4-14(20)10-17(18)21/h4,7,10,13,15-16H,5-6,8-9,11-12H2,1-3H3,(H2,22,23,24). The van der Waals surface area contributed by atoms with Crippen LogP contribution in [0.2, 0.25) is 0 Å². The molecule has 1 heterocycles. The van der Waals surface area contributed by atoms with Crippen molar-refractivity contribution in [1.82, 2.24) is 15.5 Å². The van der Waals surface area contributed by atoms with Crippen molar-refractivity contribution in [1.29, 1.82) is 0 Å². The second-order valence-corrected chi connectivity index (χ2v) is 7.37. The zero-order chi connectivity index (χ0) is 18.7. The summed E-state index contributed by atoms with van der Waals surface area (Å²) < 4.78 is 27.1. The molecular weight excluding hydrogens is 336 g/mol. The van der Waals surface area contributed by atoms with Gasteiger partial charge in [-0.25, -0.2) is 8.78 Å². The SMILES string of the molecule is CN=C(NCC(C)N(C)C1CC1)NC1CCN(c2ccc(F)cc2F)C1. The molecule has 0 aromatic heterocycles. The van der Waals surface area contributed by atoms with Gasteiger partial charge in [-0.3, -0.25) is 9.89 Å². The Kier molecular flexibility index (Phi) is 5.96. The van der Waals surface area contributed by atoms with Crippen LogP contribution in [0.15, 0.2) is 23.2 Å². The van der Waals surface area contributed by atoms with E-state index in [2.05, 4.69) is 34.5 Å². The Morgan fingerprint density at radius 3 is 2.77 bits per heavy atom. The largest absolute Gasteiger partial charge is 0.367 e. The molecule has 0 radical (unpaired) electrons. The van der Waals surface area contributed by atoms with E-state index in [-0.39, 0.29) is 6.04 Å². The van der Waals surface area contributed by atoms with E-state index in [0.717, 1.165) is 37.6 Å². The van der Waals surface area contributed by atoms with Crippen LogP contribution < -0.4 is 15.5 Å². The number of likely N-dealkylation sites (N-methyl/N-ethyl adjacent to an activating group) is 1. The highest BCUT2D eigenvalue weighted by Gasteiger charge is 2.29. The monoisotopic (exact) mass is 365 g/mol. The van der Waals surface area contributed by atoms with E-state index in [4.69, 9.17) is 0 Å². The molecule has 26 heavy (non-hydrogen) atoms. The highest BCUT2D eigenvalue weighted by Crippen LogP contribution is 2.27. The Labute approximate surface area is 154 Å². The molecule has 2 unspecified atom stereocenters. The predicted octanol–water partition coefficient (Wildman–Crippen LogP) is 2.19. The second-order valence-electron chi connectivity index (χ2n) is 7.37. The van der Waals surface area contributed by atoms with Crippen molar-refractivity contribution in [2.75, 3.05) is 38.6 Å². The van der Waals surface area contributed by atoms with Gasteiger partial charge in [0.25, 0.3) is 0 Å². The summed E-state index contributed by atoms with van der Waals surface area (Å²) in [4.78, 5) is 8.66. The molecule has 1 aromatic carbocycles. The lowest BCUT2D eigenvalue weighted by Gasteiger charge is -2.26. The molecule has 0 bridgehead atoms. The fourth-order valence-electron chi connectivity index (χ4n) is 3.45. The van der Waals surface area contributed by atoms with Crippen LogP contribution in [0, 0.1) is 11.6 Å². The first-order valence-electron chi connectivity index (χ1n) is 9.37. The first-order valence-corrected chi connectivity index (χ1v) is 9.37. The van der Waals surface area contributed by atoms with Crippen molar-refractivity contribution in [3.8, 4) is 0 Å². The van der Waals surface area contributed by atoms with Crippen LogP contribution in [0.5, 0.6) is 0 Å². The van der Waals surface area contributed by atoms with Crippen LogP contribution in [0.4, 0.5) is 14.5 Å². The fourth-order valence-corrected chi connectivity index (χ4v) is 3.45. The van der Waals surface area contributed by atoms with Crippen molar-refractivity contribution in [3.63, 3.8) is 0 Å². The molecule has 5 nitrogen and oxygen atoms in total. The Balaban J connectivity index is 1.48. The Morgan fingerprint density at radius 1 is 1.35 bits per heavy atom. The average molecular weight is 365 g/mol. The maximum Gasteiger partial charge on any atom is 0.191 e. The summed E-state index contributed by atoms with van der Waals surface area (Å²) in [6, 6.07) is 5.11. The summed E-state index contributed by atoms with van der Waals surface area (Å²) in [5, 5.41) is 6.81. The molecule has 7 heteroatoms. The van der Waals surface area contributed by atoms with Gasteiger partial charge >= 0.3 is 0 Å². The van der Waals surface area contributed by atoms with Crippen molar-refractivity contribution in [3.05, 3.63) is 29.8 Å². The first-order chi connectivity index (χ1) is 12.5. The van der Waals surface area contributed by atoms with Gasteiger partial charge < -0.3 is 15.5 Å². The molecule has 2 atom stereocenters. The average Bonchev–Trinajstić information content (AvgIpc) is 3.37. The third-order valence-corrected chi connectivity index (χ3v) is 5.39. The van der Waals surface area contributed by atoms with Gasteiger partial charge in [0.1, 0.15) is 11.6 Å². The number of nitrogens with zero attached hydrogens (tertiary/aromatic N) is 3. The van der Waals surface area contributed by atoms with Gasteiger partial charge in [0, 0.05) is 50.9 Å². The maximum atomic E-state index is 14.0. The number of hydrogen-bond donors (Lipinski definition) is 2. The fraction of sp³-hybridized carbons (Fsp3) is 0.632. The number of anilines is 1. The number of guanidine groups is 1. The van der Waals surface area contributed by atoms with Crippen LogP contribution in [0.3, 0.4) is 0 Å². The molecule has 2 fully saturated rings. The van der Waals surface area contributed by atoms with Crippen LogP contribution in [0.25, 0.3) is 0 Å². The molecule has 3 rings (SSSR count). The molecule has 2 N–H and O–H groups in total. The van der Waals surface area contributed by atoms with Gasteiger partial charge in [0.05, 0.1) is 5.69 Å². The molecule has 1 saturated carbocycles. The number of nitrogens with one attached hydrogen (secondary N) is 2. The maximum absolute atomic E-state index is 14.0. The summed E-state index contributed by atoms with van der Waals surface area (Å²) in [7, 11) is 3.93. The summed E-state index contributed by atoms with van der Waals surface area (Å²) in [6.07, 6.45) is 3.48. The third-order valence-electron chi connectivity index (χ3n) is 5.39. The Morgan fingerprint density at radius 2 is 2.12 bits per heavy atom. The van der Waals surface area contributed by atoms with Crippen molar-refractivity contribution in [2.45, 2.75) is 44.3 Å². The summed E-state index contributed by atoms with van der Waals surface area (Å²) in [6.45, 7) is 4.45. The van der Waals surface area contributed by atoms with Crippen LogP contribution >= 0.6 is 0 Å². The van der Waals surface area contributed by atoms with E-state index in [9.17, 15) is 8.78 Å². The summed E-state index contributed by atoms with van der Waals surface area (Å²) in [5.74, 6) is -0.285. The molecule has 0 amide bonds. The van der Waals surface area contributed by atoms with Crippen molar-refractivity contribution in [2.24, 2.45) is 4.99 Å². The molecule has 1 aliphatic carbocycles. The molecular formula is C19H29F2N5. The minimum atomic E-state index is -0.546. The van der Waals surface area contributed by atoms with E-state index in [0.29, 0.717) is 18.3 Å². The third kappa shape index (κ3) is 4.63. The summed E-state index contributed by atoms with van der Waals surface area (Å²) >= 11 is 0. The number of hydrogen-bond acceptors (Lipinski definition) is 3. The lowest BCUT2D eigenvalue weighted by molar-refractivity contribution is 0.247. The first kappa shape index (κ1) is 18.9. The molecule has 1 aromatic rings. The van der Waals surface area contributed by atoms with Gasteiger partial charge in [-0.15, -0.1) is 0 Å². The van der Waals surface area contributed by atoms with E-state index in [1.54, 1.807) is 7.05 Å². The lowest BCUT2D eigenvalue weighted by atomic mass is 10.2. The summed E-state index contributed by atoms with van der Waals surface area (Å²) in [5.41, 5.74) is 0.457. The van der Waals surface area contributed by atoms with Crippen molar-refractivity contribution < 1.29 is 8.78 Å². The lowest BCUT2D eigenvalue weighted by Crippen LogP contribution is -2.48. The molecule has 1 aliphatic heterocycles. The Hall–Kier alpha value is -1.89. The molecule has 144 valence electrons. The highest BCUT2D eigenvalue weighted by molar-refractivity contribution is 5.80. The minimum absolute atomic E-state index is 0.183. The number of rotatable bonds is 6. The van der Waals surface area contributed by atoms with Crippen LogP contribution in [-0.2, 0) is 0 Å². The number of benzene rings is 1.